The van der Waals surface area contributed by atoms with Crippen LogP contribution < -0.4 is 10.6 Å². The fourth-order valence-corrected chi connectivity index (χ4v) is 4.06. The highest BCUT2D eigenvalue weighted by atomic mass is 79.9. The average Bonchev–Trinajstić information content (AvgIpc) is 2.82. The molecule has 40 heavy (non-hydrogen) atoms. The quantitative estimate of drug-likeness (QED) is 0.159. The van der Waals surface area contributed by atoms with Gasteiger partial charge < -0.3 is 15.4 Å². The summed E-state index contributed by atoms with van der Waals surface area (Å²) in [5.41, 5.74) is 0.0647. The minimum Gasteiger partial charge on any atom is -0.382 e. The number of hydrogen-bond donors (Lipinski definition) is 2. The van der Waals surface area contributed by atoms with Crippen LogP contribution >= 0.6 is 50.7 Å². The van der Waals surface area contributed by atoms with Crippen LogP contribution in [0.25, 0.3) is 6.08 Å². The molecule has 2 unspecified atom stereocenters. The second kappa shape index (κ2) is 15.3. The van der Waals surface area contributed by atoms with Crippen LogP contribution in [0.2, 0.25) is 15.1 Å². The van der Waals surface area contributed by atoms with Crippen LogP contribution in [0.5, 0.6) is 0 Å². The van der Waals surface area contributed by atoms with E-state index in [1.54, 1.807) is 17.4 Å². The van der Waals surface area contributed by atoms with Gasteiger partial charge in [0.05, 0.1) is 27.6 Å². The number of halogens is 10. The smallest absolute Gasteiger partial charge is 0.382 e. The first-order chi connectivity index (χ1) is 18.3. The highest BCUT2D eigenvalue weighted by Gasteiger charge is 2.39. The summed E-state index contributed by atoms with van der Waals surface area (Å²) in [6, 6.07) is 7.68. The topological polar surface area (TPSA) is 67.4 Å². The van der Waals surface area contributed by atoms with Gasteiger partial charge in [0.15, 0.2) is 0 Å². The molecule has 0 spiro atoms. The van der Waals surface area contributed by atoms with Crippen LogP contribution in [-0.4, -0.2) is 50.5 Å². The maximum absolute atomic E-state index is 13.4. The standard InChI is InChI=1S/C17H11BrCl3F3.C8H13F3N2O3/c1-9-2-3-10(6-13(9)18)4-5-12(17(22,23)24)11-7-14(19)16(21)15(20)8-11;1-7(4-16-2,13-5-14)6(15)12-3-8(9,10)11/h2-8,12H,1H3;5H,3-4H2,1-2H3,(H,12,15)(H,13,14)/b5-4+;. The van der Waals surface area contributed by atoms with E-state index in [2.05, 4.69) is 26.0 Å². The number of methoxy groups -OCH3 is 1. The van der Waals surface area contributed by atoms with E-state index in [-0.39, 0.29) is 33.6 Å². The largest absolute Gasteiger partial charge is 0.405 e. The number of amides is 2. The first kappa shape index (κ1) is 36.0. The Morgan fingerprint density at radius 1 is 1.07 bits per heavy atom. The second-order valence-corrected chi connectivity index (χ2v) is 10.6. The van der Waals surface area contributed by atoms with E-state index in [9.17, 15) is 35.9 Å². The van der Waals surface area contributed by atoms with E-state index in [1.165, 1.54) is 32.2 Å². The molecule has 0 fully saturated rings. The molecule has 0 aliphatic carbocycles. The number of hydrogen-bond acceptors (Lipinski definition) is 3. The third-order valence-corrected chi connectivity index (χ3v) is 7.21. The van der Waals surface area contributed by atoms with E-state index >= 15 is 0 Å². The summed E-state index contributed by atoms with van der Waals surface area (Å²) >= 11 is 20.9. The van der Waals surface area contributed by atoms with E-state index in [0.717, 1.165) is 16.1 Å². The predicted octanol–water partition coefficient (Wildman–Crippen LogP) is 7.89. The maximum Gasteiger partial charge on any atom is 0.405 e. The maximum atomic E-state index is 13.4. The third kappa shape index (κ3) is 11.5. The first-order valence-electron chi connectivity index (χ1n) is 11.1. The van der Waals surface area contributed by atoms with Crippen molar-refractivity contribution < 1.29 is 40.7 Å². The number of nitrogens with one attached hydrogen (secondary N) is 2. The van der Waals surface area contributed by atoms with Crippen LogP contribution in [-0.2, 0) is 14.3 Å². The molecule has 0 bridgehead atoms. The molecule has 0 heterocycles. The fraction of sp³-hybridized carbons (Fsp3) is 0.360. The Labute approximate surface area is 250 Å². The Bertz CT molecular complexity index is 1190. The summed E-state index contributed by atoms with van der Waals surface area (Å²) < 4.78 is 81.3. The molecule has 2 aromatic rings. The van der Waals surface area contributed by atoms with Gasteiger partial charge in [0.25, 0.3) is 0 Å². The van der Waals surface area contributed by atoms with Crippen molar-refractivity contribution in [1.29, 1.82) is 0 Å². The van der Waals surface area contributed by atoms with Crippen molar-refractivity contribution >= 4 is 69.1 Å². The Morgan fingerprint density at radius 2 is 1.65 bits per heavy atom. The van der Waals surface area contributed by atoms with E-state index in [0.29, 0.717) is 5.56 Å². The average molecular weight is 701 g/mol. The summed E-state index contributed by atoms with van der Waals surface area (Å²) in [6.45, 7) is 1.48. The van der Waals surface area contributed by atoms with Gasteiger partial charge in [-0.2, -0.15) is 26.3 Å². The zero-order valence-electron chi connectivity index (χ0n) is 21.1. The van der Waals surface area contributed by atoms with Crippen molar-refractivity contribution in [2.45, 2.75) is 37.7 Å². The van der Waals surface area contributed by atoms with Crippen molar-refractivity contribution in [1.82, 2.24) is 10.6 Å². The molecule has 5 nitrogen and oxygen atoms in total. The van der Waals surface area contributed by atoms with Crippen LogP contribution in [0.3, 0.4) is 0 Å². The number of rotatable bonds is 9. The minimum absolute atomic E-state index is 0.0140. The minimum atomic E-state index is -4.50. The summed E-state index contributed by atoms with van der Waals surface area (Å²) in [6.07, 6.45) is -6.26. The lowest BCUT2D eigenvalue weighted by Gasteiger charge is -2.26. The van der Waals surface area contributed by atoms with E-state index < -0.39 is 36.3 Å². The van der Waals surface area contributed by atoms with Gasteiger partial charge in [-0.05, 0) is 48.7 Å². The SMILES string of the molecule is COCC(C)(NC=O)C(=O)NCC(F)(F)F.Cc1ccc(/C=C/C(c2cc(Cl)c(Cl)c(Cl)c2)C(F)(F)F)cc1Br. The molecule has 0 aliphatic heterocycles. The zero-order chi connectivity index (χ0) is 30.9. The van der Waals surface area contributed by atoms with Crippen molar-refractivity contribution in [2.75, 3.05) is 20.3 Å². The van der Waals surface area contributed by atoms with Crippen LogP contribution in [0.15, 0.2) is 40.9 Å². The van der Waals surface area contributed by atoms with Gasteiger partial charge >= 0.3 is 12.4 Å². The molecule has 0 saturated heterocycles. The van der Waals surface area contributed by atoms with Crippen molar-refractivity contribution in [2.24, 2.45) is 0 Å². The summed E-state index contributed by atoms with van der Waals surface area (Å²) in [5.74, 6) is -2.80. The first-order valence-corrected chi connectivity index (χ1v) is 13.0. The third-order valence-electron chi connectivity index (χ3n) is 5.16. The Kier molecular flexibility index (Phi) is 13.8. The van der Waals surface area contributed by atoms with Crippen molar-refractivity contribution in [3.8, 4) is 0 Å². The molecule has 2 atom stereocenters. The second-order valence-electron chi connectivity index (χ2n) is 8.51. The lowest BCUT2D eigenvalue weighted by atomic mass is 9.97. The highest BCUT2D eigenvalue weighted by Crippen LogP contribution is 2.41. The monoisotopic (exact) mass is 698 g/mol. The van der Waals surface area contributed by atoms with E-state index in [1.807, 2.05) is 13.0 Å². The number of benzene rings is 2. The van der Waals surface area contributed by atoms with Gasteiger partial charge in [-0.15, -0.1) is 0 Å². The molecule has 15 heteroatoms. The zero-order valence-corrected chi connectivity index (χ0v) is 25.0. The van der Waals surface area contributed by atoms with Crippen molar-refractivity contribution in [3.63, 3.8) is 0 Å². The van der Waals surface area contributed by atoms with Gasteiger partial charge in [-0.25, -0.2) is 0 Å². The van der Waals surface area contributed by atoms with E-state index in [4.69, 9.17) is 34.8 Å². The normalized spacial score (nSPS) is 14.1. The van der Waals surface area contributed by atoms with Crippen LogP contribution in [0.1, 0.15) is 29.5 Å². The Hall–Kier alpha value is -1.99. The predicted molar refractivity (Wildman–Crippen MR) is 147 cm³/mol. The van der Waals surface area contributed by atoms with Gasteiger partial charge in [0.1, 0.15) is 12.1 Å². The molecule has 0 radical (unpaired) electrons. The number of alkyl halides is 6. The molecule has 2 N–H and O–H groups in total. The molecule has 0 saturated carbocycles. The molecule has 2 aromatic carbocycles. The molecule has 2 amide bonds. The molecule has 0 aromatic heterocycles. The Balaban J connectivity index is 0.000000437. The lowest BCUT2D eigenvalue weighted by molar-refractivity contribution is -0.144. The summed E-state index contributed by atoms with van der Waals surface area (Å²) in [4.78, 5) is 21.6. The number of carbonyl (C=O) groups is 2. The Morgan fingerprint density at radius 3 is 2.10 bits per heavy atom. The van der Waals surface area contributed by atoms with Gasteiger partial charge in [-0.1, -0.05) is 75.0 Å². The lowest BCUT2D eigenvalue weighted by Crippen LogP contribution is -2.58. The number of aryl methyl sites for hydroxylation is 1. The van der Waals surface area contributed by atoms with Crippen LogP contribution in [0, 0.1) is 6.92 Å². The highest BCUT2D eigenvalue weighted by molar-refractivity contribution is 9.10. The fourth-order valence-electron chi connectivity index (χ4n) is 3.05. The van der Waals surface area contributed by atoms with Gasteiger partial charge in [0.2, 0.25) is 12.3 Å². The van der Waals surface area contributed by atoms with Gasteiger partial charge in [0, 0.05) is 11.6 Å². The van der Waals surface area contributed by atoms with Gasteiger partial charge in [-0.3, -0.25) is 9.59 Å². The number of carbonyl (C=O) groups excluding carboxylic acids is 2. The summed E-state index contributed by atoms with van der Waals surface area (Å²) in [7, 11) is 1.27. The van der Waals surface area contributed by atoms with Crippen LogP contribution in [0.4, 0.5) is 26.3 Å². The molecule has 222 valence electrons. The number of allylic oxidation sites excluding steroid dienone is 1. The molecular weight excluding hydrogens is 677 g/mol. The summed E-state index contributed by atoms with van der Waals surface area (Å²) in [5, 5.41) is 3.79. The van der Waals surface area contributed by atoms with Crippen molar-refractivity contribution in [3.05, 3.63) is 72.6 Å². The molecule has 2 rings (SSSR count). The molecular formula is C25H24BrCl3F6N2O3. The molecule has 0 aliphatic rings. The number of ether oxygens (including phenoxy) is 1.